The Labute approximate surface area is 298 Å². The largest absolute Gasteiger partial charge is 0.513 e. The molecule has 278 valence electrons. The zero-order valence-electron chi connectivity index (χ0n) is 28.1. The quantitative estimate of drug-likeness (QED) is 0.0693. The van der Waals surface area contributed by atoms with Crippen LogP contribution in [0.4, 0.5) is 9.59 Å². The highest BCUT2D eigenvalue weighted by atomic mass is 16.7. The van der Waals surface area contributed by atoms with Gasteiger partial charge in [-0.15, -0.1) is 0 Å². The highest BCUT2D eigenvalue weighted by Crippen LogP contribution is 2.32. The molecule has 2 aliphatic heterocycles. The molecule has 2 aliphatic rings. The molecule has 1 unspecified atom stereocenters. The lowest BCUT2D eigenvalue weighted by Gasteiger charge is -2.17. The molecule has 2 aromatic carbocycles. The van der Waals surface area contributed by atoms with Gasteiger partial charge < -0.3 is 47.4 Å². The summed E-state index contributed by atoms with van der Waals surface area (Å²) in [4.78, 5) is 71.5. The number of esters is 4. The van der Waals surface area contributed by atoms with Gasteiger partial charge in [0.2, 0.25) is 0 Å². The van der Waals surface area contributed by atoms with Crippen LogP contribution in [0.15, 0.2) is 73.8 Å². The molecule has 4 rings (SSSR count). The highest BCUT2D eigenvalue weighted by molar-refractivity contribution is 5.90. The third kappa shape index (κ3) is 12.2. The van der Waals surface area contributed by atoms with Gasteiger partial charge in [0.25, 0.3) is 0 Å². The summed E-state index contributed by atoms with van der Waals surface area (Å²) >= 11 is 0. The zero-order chi connectivity index (χ0) is 37.3. The number of hydrogen-bond donors (Lipinski definition) is 0. The predicted molar refractivity (Wildman–Crippen MR) is 176 cm³/mol. The number of ether oxygens (including phenoxy) is 10. The lowest BCUT2D eigenvalue weighted by Crippen LogP contribution is -2.36. The molecular formula is C36H38O16. The molecular weight excluding hydrogens is 688 g/mol. The summed E-state index contributed by atoms with van der Waals surface area (Å²) in [6.45, 7) is 7.10. The molecule has 0 aliphatic carbocycles. The molecule has 0 radical (unpaired) electrons. The SMILES string of the molecule is C=CC(=O)OCCCCOC(=O)Oc1ccc(C(=O)OC2CO[C@H]3[C@H](OC(=O)c4ccc(OC(=O)OCCCCOC(=O)C=C)cc4)CO[C@@H]23)cc1. The second-order valence-corrected chi connectivity index (χ2v) is 11.1. The Bertz CT molecular complexity index is 1450. The minimum atomic E-state index is -0.930. The maximum atomic E-state index is 12.8. The molecule has 0 aromatic heterocycles. The smallest absolute Gasteiger partial charge is 0.463 e. The van der Waals surface area contributed by atoms with Gasteiger partial charge in [0.05, 0.1) is 50.8 Å². The van der Waals surface area contributed by atoms with Crippen LogP contribution < -0.4 is 9.47 Å². The van der Waals surface area contributed by atoms with Gasteiger partial charge in [0, 0.05) is 12.2 Å². The summed E-state index contributed by atoms with van der Waals surface area (Å²) in [7, 11) is 0. The second kappa shape index (κ2) is 20.2. The van der Waals surface area contributed by atoms with Crippen molar-refractivity contribution >= 4 is 36.2 Å². The topological polar surface area (TPSA) is 195 Å². The van der Waals surface area contributed by atoms with E-state index in [1.165, 1.54) is 48.5 Å². The van der Waals surface area contributed by atoms with Gasteiger partial charge in [-0.2, -0.15) is 0 Å². The fourth-order valence-electron chi connectivity index (χ4n) is 4.79. The summed E-state index contributed by atoms with van der Waals surface area (Å²) in [5, 5.41) is 0. The van der Waals surface area contributed by atoms with Crippen LogP contribution in [0.1, 0.15) is 46.4 Å². The van der Waals surface area contributed by atoms with Crippen molar-refractivity contribution in [3.8, 4) is 11.5 Å². The molecule has 0 bridgehead atoms. The minimum Gasteiger partial charge on any atom is -0.463 e. The summed E-state index contributed by atoms with van der Waals surface area (Å²) in [5.74, 6) is -2.09. The first kappa shape index (κ1) is 39.1. The molecule has 16 heteroatoms. The minimum absolute atomic E-state index is 0.0176. The Hall–Kier alpha value is -5.74. The summed E-state index contributed by atoms with van der Waals surface area (Å²) in [6.07, 6.45) is -0.714. The Morgan fingerprint density at radius 1 is 0.558 bits per heavy atom. The van der Waals surface area contributed by atoms with Crippen LogP contribution in [0.5, 0.6) is 11.5 Å². The van der Waals surface area contributed by atoms with E-state index in [-0.39, 0.29) is 62.3 Å². The third-order valence-corrected chi connectivity index (χ3v) is 7.40. The van der Waals surface area contributed by atoms with Crippen molar-refractivity contribution in [1.29, 1.82) is 0 Å². The number of carbonyl (C=O) groups is 6. The molecule has 0 amide bonds. The van der Waals surface area contributed by atoms with Crippen molar-refractivity contribution in [2.75, 3.05) is 39.6 Å². The average molecular weight is 727 g/mol. The van der Waals surface area contributed by atoms with Crippen LogP contribution >= 0.6 is 0 Å². The lowest BCUT2D eigenvalue weighted by molar-refractivity contribution is -0.138. The Kier molecular flexibility index (Phi) is 15.2. The number of carbonyl (C=O) groups excluding carboxylic acids is 6. The van der Waals surface area contributed by atoms with Crippen LogP contribution in [0.25, 0.3) is 0 Å². The van der Waals surface area contributed by atoms with E-state index in [1.54, 1.807) is 0 Å². The molecule has 4 atom stereocenters. The first-order valence-electron chi connectivity index (χ1n) is 16.3. The number of benzene rings is 2. The van der Waals surface area contributed by atoms with Crippen molar-refractivity contribution < 1.29 is 76.1 Å². The van der Waals surface area contributed by atoms with E-state index < -0.39 is 60.6 Å². The van der Waals surface area contributed by atoms with Gasteiger partial charge in [-0.1, -0.05) is 13.2 Å². The molecule has 2 aromatic rings. The Morgan fingerprint density at radius 2 is 0.904 bits per heavy atom. The van der Waals surface area contributed by atoms with E-state index in [4.69, 9.17) is 47.4 Å². The van der Waals surface area contributed by atoms with E-state index >= 15 is 0 Å². The van der Waals surface area contributed by atoms with Gasteiger partial charge in [0.15, 0.2) is 12.2 Å². The fraction of sp³-hybridized carbons (Fsp3) is 0.389. The van der Waals surface area contributed by atoms with Crippen LogP contribution in [-0.2, 0) is 47.5 Å². The van der Waals surface area contributed by atoms with Gasteiger partial charge in [0.1, 0.15) is 23.7 Å². The standard InChI is InChI=1S/C36H38O16/c1-3-29(37)43-17-5-7-19-45-35(41)49-25-13-9-23(10-14-25)33(39)51-27-21-47-32-28(22-48-31(27)32)52-34(40)24-11-15-26(16-12-24)50-36(42)46-20-8-6-18-44-30(38)4-2/h3-4,9-16,27-28,31-32H,1-2,5-8,17-22H2/t27-,28?,31+,32+/m1/s1. The fourth-order valence-corrected chi connectivity index (χ4v) is 4.79. The van der Waals surface area contributed by atoms with Crippen LogP contribution in [0.2, 0.25) is 0 Å². The van der Waals surface area contributed by atoms with Gasteiger partial charge in [-0.05, 0) is 74.2 Å². The molecule has 16 nitrogen and oxygen atoms in total. The Balaban J connectivity index is 1.14. The molecule has 0 spiro atoms. The van der Waals surface area contributed by atoms with Gasteiger partial charge in [-0.25, -0.2) is 28.8 Å². The molecule has 2 saturated heterocycles. The van der Waals surface area contributed by atoms with Gasteiger partial charge in [-0.3, -0.25) is 0 Å². The number of hydrogen-bond acceptors (Lipinski definition) is 16. The van der Waals surface area contributed by atoms with E-state index in [9.17, 15) is 28.8 Å². The maximum Gasteiger partial charge on any atom is 0.513 e. The lowest BCUT2D eigenvalue weighted by atomic mass is 10.1. The van der Waals surface area contributed by atoms with Crippen molar-refractivity contribution in [2.24, 2.45) is 0 Å². The number of unbranched alkanes of at least 4 members (excludes halogenated alkanes) is 2. The number of fused-ring (bicyclic) bond motifs is 1. The second-order valence-electron chi connectivity index (χ2n) is 11.1. The van der Waals surface area contributed by atoms with E-state index in [1.807, 2.05) is 0 Å². The Morgan fingerprint density at radius 3 is 1.25 bits per heavy atom. The first-order valence-corrected chi connectivity index (χ1v) is 16.3. The van der Waals surface area contributed by atoms with Crippen molar-refractivity contribution in [3.63, 3.8) is 0 Å². The molecule has 52 heavy (non-hydrogen) atoms. The van der Waals surface area contributed by atoms with Crippen molar-refractivity contribution in [2.45, 2.75) is 50.1 Å². The maximum absolute atomic E-state index is 12.8. The van der Waals surface area contributed by atoms with E-state index in [2.05, 4.69) is 13.2 Å². The van der Waals surface area contributed by atoms with E-state index in [0.717, 1.165) is 12.2 Å². The monoisotopic (exact) mass is 726 g/mol. The van der Waals surface area contributed by atoms with E-state index in [0.29, 0.717) is 25.7 Å². The van der Waals surface area contributed by atoms with Gasteiger partial charge >= 0.3 is 36.2 Å². The first-order chi connectivity index (χ1) is 25.2. The van der Waals surface area contributed by atoms with Crippen molar-refractivity contribution in [3.05, 3.63) is 85.0 Å². The van der Waals surface area contributed by atoms with Crippen molar-refractivity contribution in [1.82, 2.24) is 0 Å². The van der Waals surface area contributed by atoms with Crippen LogP contribution in [0, 0.1) is 0 Å². The molecule has 0 saturated carbocycles. The molecule has 2 heterocycles. The normalized spacial score (nSPS) is 18.5. The molecule has 0 N–H and O–H groups in total. The summed E-state index contributed by atoms with van der Waals surface area (Å²) in [5.41, 5.74) is 0.368. The third-order valence-electron chi connectivity index (χ3n) is 7.40. The highest BCUT2D eigenvalue weighted by Gasteiger charge is 2.51. The number of rotatable bonds is 18. The summed E-state index contributed by atoms with van der Waals surface area (Å²) < 4.78 is 52.6. The zero-order valence-corrected chi connectivity index (χ0v) is 28.1. The molecule has 2 fully saturated rings. The van der Waals surface area contributed by atoms with Crippen LogP contribution in [0.3, 0.4) is 0 Å². The predicted octanol–water partition coefficient (Wildman–Crippen LogP) is 4.28. The summed E-state index contributed by atoms with van der Waals surface area (Å²) in [6, 6.07) is 11.3. The average Bonchev–Trinajstić information content (AvgIpc) is 3.74. The van der Waals surface area contributed by atoms with Crippen LogP contribution in [-0.4, -0.2) is 100 Å².